The van der Waals surface area contributed by atoms with E-state index in [2.05, 4.69) is 5.92 Å². The number of carbonyl (C=O) groups excluding carboxylic acids is 3. The van der Waals surface area contributed by atoms with Gasteiger partial charge in [-0.15, -0.1) is 6.42 Å². The van der Waals surface area contributed by atoms with Crippen LogP contribution in [-0.4, -0.2) is 43.5 Å². The van der Waals surface area contributed by atoms with Crippen LogP contribution < -0.4 is 5.73 Å². The molecule has 8 heteroatoms. The lowest BCUT2D eigenvalue weighted by atomic mass is 9.59. The number of phenolic OH excluding ortho intramolecular Hbond substituents is 1. The zero-order valence-electron chi connectivity index (χ0n) is 15.1. The summed E-state index contributed by atoms with van der Waals surface area (Å²) in [4.78, 5) is 37.1. The van der Waals surface area contributed by atoms with Gasteiger partial charge in [-0.1, -0.05) is 5.92 Å². The highest BCUT2D eigenvalue weighted by Gasteiger charge is 2.60. The molecule has 0 aromatic heterocycles. The molecule has 6 N–H and O–H groups in total. The van der Waals surface area contributed by atoms with Crippen LogP contribution in [0.3, 0.4) is 0 Å². The van der Waals surface area contributed by atoms with Gasteiger partial charge in [0, 0.05) is 23.5 Å². The molecule has 0 spiro atoms. The van der Waals surface area contributed by atoms with Crippen LogP contribution in [0.4, 0.5) is 0 Å². The van der Waals surface area contributed by atoms with Gasteiger partial charge in [0.2, 0.25) is 5.78 Å². The molecule has 1 aromatic carbocycles. The van der Waals surface area contributed by atoms with Gasteiger partial charge in [0.05, 0.1) is 5.56 Å². The standard InChI is InChI=1S/C21H17NO7/c1-2-8-3-4-12(23)15-11(8)6-9-5-10-7-13(24)16(20(22)28)19(27)21(10,29)18(26)14(9)17(15)25/h1,3-4,9-10,23,25,27,29H,5-7H2,(H2,22,28). The Kier molecular flexibility index (Phi) is 3.86. The molecule has 3 atom stereocenters. The fourth-order valence-electron chi connectivity index (χ4n) is 4.76. The fraction of sp³-hybridized carbons (Fsp3) is 0.286. The third kappa shape index (κ3) is 2.28. The lowest BCUT2D eigenvalue weighted by Gasteiger charge is -2.46. The van der Waals surface area contributed by atoms with Gasteiger partial charge < -0.3 is 26.2 Å². The summed E-state index contributed by atoms with van der Waals surface area (Å²) in [5.41, 5.74) is 2.49. The second-order valence-corrected chi connectivity index (χ2v) is 7.54. The van der Waals surface area contributed by atoms with Gasteiger partial charge in [0.1, 0.15) is 22.8 Å². The Morgan fingerprint density at radius 3 is 2.52 bits per heavy atom. The van der Waals surface area contributed by atoms with E-state index in [-0.39, 0.29) is 36.1 Å². The SMILES string of the molecule is C#Cc1ccc(O)c2c1CC1CC3CC(=O)C(C(N)=O)=C(O)C3(O)C(=O)C1=C2O. The van der Waals surface area contributed by atoms with Crippen molar-refractivity contribution < 1.29 is 34.8 Å². The number of Topliss-reactive ketones (excluding diaryl/α,β-unsaturated/α-hetero) is 2. The van der Waals surface area contributed by atoms with Crippen LogP contribution in [0.1, 0.15) is 29.5 Å². The minimum Gasteiger partial charge on any atom is -0.508 e. The number of aliphatic hydroxyl groups excluding tert-OH is 2. The lowest BCUT2D eigenvalue weighted by Crippen LogP contribution is -2.58. The maximum absolute atomic E-state index is 13.2. The molecule has 0 radical (unpaired) electrons. The Bertz CT molecular complexity index is 1120. The molecular formula is C21H17NO7. The highest BCUT2D eigenvalue weighted by Crippen LogP contribution is 2.52. The van der Waals surface area contributed by atoms with E-state index in [1.165, 1.54) is 12.1 Å². The lowest BCUT2D eigenvalue weighted by molar-refractivity contribution is -0.147. The minimum atomic E-state index is -2.56. The van der Waals surface area contributed by atoms with Crippen LogP contribution in [0.2, 0.25) is 0 Å². The summed E-state index contributed by atoms with van der Waals surface area (Å²) in [6, 6.07) is 2.81. The van der Waals surface area contributed by atoms with Gasteiger partial charge in [-0.2, -0.15) is 0 Å². The Morgan fingerprint density at radius 2 is 1.90 bits per heavy atom. The van der Waals surface area contributed by atoms with Crippen LogP contribution in [0.15, 0.2) is 29.0 Å². The van der Waals surface area contributed by atoms with E-state index in [0.717, 1.165) is 0 Å². The first-order valence-electron chi connectivity index (χ1n) is 8.91. The van der Waals surface area contributed by atoms with Gasteiger partial charge in [-0.05, 0) is 36.5 Å². The number of amides is 1. The molecule has 1 saturated carbocycles. The second kappa shape index (κ2) is 5.96. The molecule has 1 aromatic rings. The molecule has 3 unspecified atom stereocenters. The number of carbonyl (C=O) groups is 3. The van der Waals surface area contributed by atoms with Gasteiger partial charge in [-0.3, -0.25) is 14.4 Å². The number of aromatic hydroxyl groups is 1. The van der Waals surface area contributed by atoms with Crippen molar-refractivity contribution in [3.05, 3.63) is 45.7 Å². The summed E-state index contributed by atoms with van der Waals surface area (Å²) in [7, 11) is 0. The van der Waals surface area contributed by atoms with Crippen LogP contribution in [-0.2, 0) is 20.8 Å². The first-order chi connectivity index (χ1) is 13.6. The Balaban J connectivity index is 1.96. The minimum absolute atomic E-state index is 0.00687. The molecule has 3 aliphatic carbocycles. The molecule has 1 fully saturated rings. The predicted molar refractivity (Wildman–Crippen MR) is 99.3 cm³/mol. The molecule has 4 rings (SSSR count). The number of phenols is 1. The van der Waals surface area contributed by atoms with Gasteiger partial charge in [0.15, 0.2) is 11.4 Å². The molecular weight excluding hydrogens is 378 g/mol. The summed E-state index contributed by atoms with van der Waals surface area (Å²) in [6.45, 7) is 0. The largest absolute Gasteiger partial charge is 0.508 e. The Morgan fingerprint density at radius 1 is 1.21 bits per heavy atom. The second-order valence-electron chi connectivity index (χ2n) is 7.54. The quantitative estimate of drug-likeness (QED) is 0.340. The summed E-state index contributed by atoms with van der Waals surface area (Å²) in [6.07, 6.45) is 5.42. The van der Waals surface area contributed by atoms with Crippen molar-refractivity contribution in [2.24, 2.45) is 17.6 Å². The number of rotatable bonds is 1. The topological polar surface area (TPSA) is 158 Å². The molecule has 0 bridgehead atoms. The smallest absolute Gasteiger partial charge is 0.255 e. The molecule has 0 aliphatic heterocycles. The summed E-state index contributed by atoms with van der Waals surface area (Å²) in [5.74, 6) is -4.09. The van der Waals surface area contributed by atoms with E-state index in [1.54, 1.807) is 0 Å². The molecule has 3 aliphatic rings. The van der Waals surface area contributed by atoms with Crippen LogP contribution in [0.5, 0.6) is 5.75 Å². The van der Waals surface area contributed by atoms with E-state index >= 15 is 0 Å². The number of primary amides is 1. The van der Waals surface area contributed by atoms with E-state index in [0.29, 0.717) is 11.1 Å². The van der Waals surface area contributed by atoms with Gasteiger partial charge >= 0.3 is 0 Å². The predicted octanol–water partition coefficient (Wildman–Crippen LogP) is 0.405. The monoisotopic (exact) mass is 395 g/mol. The summed E-state index contributed by atoms with van der Waals surface area (Å²) >= 11 is 0. The average Bonchev–Trinajstić information content (AvgIpc) is 2.64. The maximum Gasteiger partial charge on any atom is 0.255 e. The number of aliphatic hydroxyl groups is 3. The number of ketones is 2. The number of hydrogen-bond donors (Lipinski definition) is 5. The van der Waals surface area contributed by atoms with Crippen LogP contribution in [0, 0.1) is 24.2 Å². The summed E-state index contributed by atoms with van der Waals surface area (Å²) < 4.78 is 0. The van der Waals surface area contributed by atoms with Gasteiger partial charge in [0.25, 0.3) is 5.91 Å². The van der Waals surface area contributed by atoms with E-state index in [1.807, 2.05) is 0 Å². The van der Waals surface area contributed by atoms with Crippen LogP contribution in [0.25, 0.3) is 5.76 Å². The van der Waals surface area contributed by atoms with Crippen molar-refractivity contribution in [3.8, 4) is 18.1 Å². The highest BCUT2D eigenvalue weighted by atomic mass is 16.3. The molecule has 29 heavy (non-hydrogen) atoms. The first-order valence-corrected chi connectivity index (χ1v) is 8.91. The zero-order valence-corrected chi connectivity index (χ0v) is 15.1. The van der Waals surface area contributed by atoms with Crippen molar-refractivity contribution in [1.82, 2.24) is 0 Å². The number of fused-ring (bicyclic) bond motifs is 3. The third-order valence-electron chi connectivity index (χ3n) is 6.10. The van der Waals surface area contributed by atoms with E-state index in [9.17, 15) is 34.8 Å². The Hall–Kier alpha value is -3.57. The van der Waals surface area contributed by atoms with Gasteiger partial charge in [-0.25, -0.2) is 0 Å². The van der Waals surface area contributed by atoms with Crippen molar-refractivity contribution >= 4 is 23.2 Å². The fourth-order valence-corrected chi connectivity index (χ4v) is 4.76. The highest BCUT2D eigenvalue weighted by molar-refractivity contribution is 6.22. The number of nitrogens with two attached hydrogens (primary N) is 1. The average molecular weight is 395 g/mol. The number of hydrogen-bond acceptors (Lipinski definition) is 7. The van der Waals surface area contributed by atoms with Crippen molar-refractivity contribution in [3.63, 3.8) is 0 Å². The normalized spacial score (nSPS) is 28.4. The Labute approximate surface area is 165 Å². The molecule has 1 amide bonds. The zero-order chi connectivity index (χ0) is 21.2. The number of benzene rings is 1. The number of terminal acetylenes is 1. The van der Waals surface area contributed by atoms with E-state index in [4.69, 9.17) is 12.2 Å². The molecule has 8 nitrogen and oxygen atoms in total. The van der Waals surface area contributed by atoms with Crippen molar-refractivity contribution in [2.75, 3.05) is 0 Å². The molecule has 148 valence electrons. The molecule has 0 heterocycles. The third-order valence-corrected chi connectivity index (χ3v) is 6.10. The van der Waals surface area contributed by atoms with Crippen LogP contribution >= 0.6 is 0 Å². The van der Waals surface area contributed by atoms with Crippen molar-refractivity contribution in [2.45, 2.75) is 24.9 Å². The maximum atomic E-state index is 13.2. The first kappa shape index (κ1) is 18.8. The molecule has 0 saturated heterocycles. The summed E-state index contributed by atoms with van der Waals surface area (Å²) in [5, 5.41) is 42.6. The van der Waals surface area contributed by atoms with Crippen molar-refractivity contribution in [1.29, 1.82) is 0 Å². The van der Waals surface area contributed by atoms with E-state index < -0.39 is 52.0 Å².